The summed E-state index contributed by atoms with van der Waals surface area (Å²) in [6, 6.07) is 0. The summed E-state index contributed by atoms with van der Waals surface area (Å²) in [5.74, 6) is -0.702. The summed E-state index contributed by atoms with van der Waals surface area (Å²) in [5, 5.41) is 8.75. The summed E-state index contributed by atoms with van der Waals surface area (Å²) < 4.78 is -0.592. The van der Waals surface area contributed by atoms with Crippen molar-refractivity contribution in [3.05, 3.63) is 0 Å². The molecule has 0 atom stereocenters. The van der Waals surface area contributed by atoms with Crippen LogP contribution in [-0.4, -0.2) is 15.4 Å². The molecule has 0 aromatic heterocycles. The minimum atomic E-state index is -0.702. The second kappa shape index (κ2) is 4.31. The lowest BCUT2D eigenvalue weighted by molar-refractivity contribution is -0.140. The molecule has 0 aliphatic heterocycles. The van der Waals surface area contributed by atoms with Gasteiger partial charge in [0.25, 0.3) is 0 Å². The molecule has 1 N–H and O–H groups in total. The lowest BCUT2D eigenvalue weighted by Gasteiger charge is -2.26. The van der Waals surface area contributed by atoms with E-state index in [9.17, 15) is 4.79 Å². The number of carbonyl (C=O) groups is 1. The van der Waals surface area contributed by atoms with E-state index in [4.69, 9.17) is 5.11 Å². The van der Waals surface area contributed by atoms with Crippen LogP contribution in [0.25, 0.3) is 0 Å². The fourth-order valence-corrected chi connectivity index (χ4v) is 1.89. The molecule has 0 heterocycles. The Kier molecular flexibility index (Phi) is 4.41. The Labute approximate surface area is 80.9 Å². The number of carboxylic acids is 1. The van der Waals surface area contributed by atoms with E-state index in [2.05, 4.69) is 15.9 Å². The second-order valence-corrected chi connectivity index (χ2v) is 4.35. The van der Waals surface area contributed by atoms with Gasteiger partial charge in [0, 0.05) is 0 Å². The Bertz CT molecular complexity index is 143. The smallest absolute Gasteiger partial charge is 0.320 e. The first-order chi connectivity index (χ1) is 4.65. The molecule has 1 aliphatic carbocycles. The molecular formula is C7H12BrClO2. The fourth-order valence-electron chi connectivity index (χ4n) is 1.33. The van der Waals surface area contributed by atoms with E-state index in [1.54, 1.807) is 0 Å². The van der Waals surface area contributed by atoms with E-state index in [0.29, 0.717) is 0 Å². The molecule has 2 nitrogen and oxygen atoms in total. The SMILES string of the molecule is Cl.O=C(O)C1(Br)CCCCC1. The number of hydrogen-bond donors (Lipinski definition) is 1. The van der Waals surface area contributed by atoms with Crippen molar-refractivity contribution < 1.29 is 9.90 Å². The quantitative estimate of drug-likeness (QED) is 0.719. The average Bonchev–Trinajstić information content (AvgIpc) is 1.89. The Morgan fingerprint density at radius 1 is 1.27 bits per heavy atom. The van der Waals surface area contributed by atoms with Crippen LogP contribution in [0, 0.1) is 0 Å². The minimum absolute atomic E-state index is 0. The molecule has 0 bridgehead atoms. The highest BCUT2D eigenvalue weighted by molar-refractivity contribution is 9.10. The van der Waals surface area contributed by atoms with Gasteiger partial charge in [-0.1, -0.05) is 35.2 Å². The predicted octanol–water partition coefficient (Wildman–Crippen LogP) is 2.59. The number of aliphatic carboxylic acids is 1. The van der Waals surface area contributed by atoms with Crippen molar-refractivity contribution in [1.29, 1.82) is 0 Å². The van der Waals surface area contributed by atoms with Crippen LogP contribution in [0.4, 0.5) is 0 Å². The van der Waals surface area contributed by atoms with Gasteiger partial charge >= 0.3 is 5.97 Å². The van der Waals surface area contributed by atoms with Gasteiger partial charge in [0.2, 0.25) is 0 Å². The molecule has 0 aromatic carbocycles. The van der Waals surface area contributed by atoms with E-state index >= 15 is 0 Å². The Morgan fingerprint density at radius 3 is 2.00 bits per heavy atom. The summed E-state index contributed by atoms with van der Waals surface area (Å²) in [6.07, 6.45) is 4.82. The summed E-state index contributed by atoms with van der Waals surface area (Å²) in [6.45, 7) is 0. The number of carboxylic acid groups (broad SMARTS) is 1. The van der Waals surface area contributed by atoms with Crippen molar-refractivity contribution in [3.8, 4) is 0 Å². The number of halogens is 2. The molecule has 11 heavy (non-hydrogen) atoms. The van der Waals surface area contributed by atoms with Crippen LogP contribution in [0.15, 0.2) is 0 Å². The standard InChI is InChI=1S/C7H11BrO2.ClH/c8-7(6(9)10)4-2-1-3-5-7;/h1-5H2,(H,9,10);1H. The van der Waals surface area contributed by atoms with Gasteiger partial charge in [-0.25, -0.2) is 0 Å². The molecule has 66 valence electrons. The molecule has 1 aliphatic rings. The number of alkyl halides is 1. The van der Waals surface area contributed by atoms with Crippen LogP contribution < -0.4 is 0 Å². The highest BCUT2D eigenvalue weighted by Gasteiger charge is 2.36. The third kappa shape index (κ3) is 2.64. The Balaban J connectivity index is 0.000001000. The molecule has 1 fully saturated rings. The van der Waals surface area contributed by atoms with Crippen molar-refractivity contribution in [1.82, 2.24) is 0 Å². The van der Waals surface area contributed by atoms with Crippen molar-refractivity contribution in [2.45, 2.75) is 36.4 Å². The molecule has 1 rings (SSSR count). The zero-order valence-electron chi connectivity index (χ0n) is 6.18. The van der Waals surface area contributed by atoms with Crippen LogP contribution in [0.5, 0.6) is 0 Å². The van der Waals surface area contributed by atoms with Crippen LogP contribution in [0.3, 0.4) is 0 Å². The van der Waals surface area contributed by atoms with Crippen molar-refractivity contribution in [2.24, 2.45) is 0 Å². The van der Waals surface area contributed by atoms with E-state index < -0.39 is 10.3 Å². The van der Waals surface area contributed by atoms with Gasteiger partial charge in [0.05, 0.1) is 0 Å². The summed E-state index contributed by atoms with van der Waals surface area (Å²) in [7, 11) is 0. The molecule has 0 spiro atoms. The van der Waals surface area contributed by atoms with Gasteiger partial charge in [0.15, 0.2) is 0 Å². The largest absolute Gasteiger partial charge is 0.480 e. The third-order valence-corrected chi connectivity index (χ3v) is 3.16. The third-order valence-electron chi connectivity index (χ3n) is 2.03. The Morgan fingerprint density at radius 2 is 1.73 bits per heavy atom. The summed E-state index contributed by atoms with van der Waals surface area (Å²) >= 11 is 3.26. The summed E-state index contributed by atoms with van der Waals surface area (Å²) in [5.41, 5.74) is 0. The fraction of sp³-hybridized carbons (Fsp3) is 0.857. The molecule has 4 heteroatoms. The zero-order chi connectivity index (χ0) is 7.61. The minimum Gasteiger partial charge on any atom is -0.480 e. The van der Waals surface area contributed by atoms with E-state index in [1.807, 2.05) is 0 Å². The van der Waals surface area contributed by atoms with Crippen LogP contribution in [0.1, 0.15) is 32.1 Å². The van der Waals surface area contributed by atoms with Gasteiger partial charge in [0.1, 0.15) is 4.32 Å². The maximum absolute atomic E-state index is 10.6. The first-order valence-electron chi connectivity index (χ1n) is 3.57. The van der Waals surface area contributed by atoms with Gasteiger partial charge in [-0.3, -0.25) is 4.79 Å². The van der Waals surface area contributed by atoms with Crippen LogP contribution >= 0.6 is 28.3 Å². The molecule has 0 amide bonds. The molecule has 1 saturated carbocycles. The monoisotopic (exact) mass is 242 g/mol. The number of rotatable bonds is 1. The molecule has 0 radical (unpaired) electrons. The van der Waals surface area contributed by atoms with Gasteiger partial charge < -0.3 is 5.11 Å². The van der Waals surface area contributed by atoms with Crippen molar-refractivity contribution in [2.75, 3.05) is 0 Å². The molecule has 0 unspecified atom stereocenters. The normalized spacial score (nSPS) is 21.9. The highest BCUT2D eigenvalue weighted by Crippen LogP contribution is 2.35. The summed E-state index contributed by atoms with van der Waals surface area (Å²) in [4.78, 5) is 10.6. The first-order valence-corrected chi connectivity index (χ1v) is 4.37. The molecular weight excluding hydrogens is 231 g/mol. The van der Waals surface area contributed by atoms with Crippen LogP contribution in [0.2, 0.25) is 0 Å². The maximum Gasteiger partial charge on any atom is 0.320 e. The van der Waals surface area contributed by atoms with Gasteiger partial charge in [-0.15, -0.1) is 12.4 Å². The van der Waals surface area contributed by atoms with Crippen molar-refractivity contribution in [3.63, 3.8) is 0 Å². The second-order valence-electron chi connectivity index (χ2n) is 2.83. The lowest BCUT2D eigenvalue weighted by Crippen LogP contribution is -2.33. The average molecular weight is 244 g/mol. The first kappa shape index (κ1) is 11.2. The highest BCUT2D eigenvalue weighted by atomic mass is 79.9. The lowest BCUT2D eigenvalue weighted by atomic mass is 9.89. The van der Waals surface area contributed by atoms with E-state index in [1.165, 1.54) is 6.42 Å². The molecule has 0 saturated heterocycles. The maximum atomic E-state index is 10.6. The van der Waals surface area contributed by atoms with Crippen molar-refractivity contribution >= 4 is 34.3 Å². The van der Waals surface area contributed by atoms with Gasteiger partial charge in [-0.2, -0.15) is 0 Å². The van der Waals surface area contributed by atoms with E-state index in [-0.39, 0.29) is 12.4 Å². The predicted molar refractivity (Wildman–Crippen MR) is 49.6 cm³/mol. The number of hydrogen-bond acceptors (Lipinski definition) is 1. The molecule has 0 aromatic rings. The van der Waals surface area contributed by atoms with Crippen LogP contribution in [-0.2, 0) is 4.79 Å². The topological polar surface area (TPSA) is 37.3 Å². The van der Waals surface area contributed by atoms with E-state index in [0.717, 1.165) is 25.7 Å². The van der Waals surface area contributed by atoms with Gasteiger partial charge in [-0.05, 0) is 12.8 Å². The zero-order valence-corrected chi connectivity index (χ0v) is 8.58. The Hall–Kier alpha value is 0.240.